The van der Waals surface area contributed by atoms with Crippen molar-refractivity contribution in [3.05, 3.63) is 35.4 Å². The Morgan fingerprint density at radius 3 is 3.00 bits per heavy atom. The van der Waals surface area contributed by atoms with E-state index in [9.17, 15) is 0 Å². The van der Waals surface area contributed by atoms with E-state index in [1.54, 1.807) is 0 Å². The number of ether oxygens (including phenoxy) is 1. The smallest absolute Gasteiger partial charge is 0.0991 e. The van der Waals surface area contributed by atoms with Gasteiger partial charge in [-0.2, -0.15) is 5.26 Å². The van der Waals surface area contributed by atoms with E-state index in [1.807, 2.05) is 24.3 Å². The van der Waals surface area contributed by atoms with Crippen molar-refractivity contribution in [2.24, 2.45) is 5.92 Å². The minimum atomic E-state index is 0.631. The summed E-state index contributed by atoms with van der Waals surface area (Å²) in [4.78, 5) is 0. The molecular weight excluding hydrogens is 174 g/mol. The van der Waals surface area contributed by atoms with Gasteiger partial charge < -0.3 is 4.74 Å². The molecule has 2 heteroatoms. The van der Waals surface area contributed by atoms with Gasteiger partial charge in [0.15, 0.2) is 0 Å². The molecule has 2 nitrogen and oxygen atoms in total. The Bertz CT molecular complexity index is 350. The van der Waals surface area contributed by atoms with Crippen LogP contribution in [0.5, 0.6) is 0 Å². The van der Waals surface area contributed by atoms with Crippen molar-refractivity contribution in [3.63, 3.8) is 0 Å². The van der Waals surface area contributed by atoms with Crippen molar-refractivity contribution < 1.29 is 4.74 Å². The van der Waals surface area contributed by atoms with E-state index in [4.69, 9.17) is 10.00 Å². The molecule has 0 spiro atoms. The van der Waals surface area contributed by atoms with E-state index in [-0.39, 0.29) is 0 Å². The first kappa shape index (κ1) is 9.23. The highest BCUT2D eigenvalue weighted by molar-refractivity contribution is 5.32. The molecule has 72 valence electrons. The lowest BCUT2D eigenvalue weighted by Crippen LogP contribution is -1.96. The summed E-state index contributed by atoms with van der Waals surface area (Å²) in [7, 11) is 0. The van der Waals surface area contributed by atoms with Crippen LogP contribution in [0.15, 0.2) is 24.3 Å². The summed E-state index contributed by atoms with van der Waals surface area (Å²) in [6.07, 6.45) is 2.64. The van der Waals surface area contributed by atoms with Crippen molar-refractivity contribution >= 4 is 0 Å². The van der Waals surface area contributed by atoms with E-state index in [2.05, 4.69) is 6.07 Å². The molecule has 0 amide bonds. The zero-order chi connectivity index (χ0) is 9.80. The summed E-state index contributed by atoms with van der Waals surface area (Å²) in [6.45, 7) is 1.50. The summed E-state index contributed by atoms with van der Waals surface area (Å²) >= 11 is 0. The Labute approximate surface area is 84.1 Å². The van der Waals surface area contributed by atoms with Gasteiger partial charge in [0.1, 0.15) is 0 Å². The zero-order valence-electron chi connectivity index (χ0n) is 8.07. The van der Waals surface area contributed by atoms with Gasteiger partial charge in [0.25, 0.3) is 0 Å². The Hall–Kier alpha value is -1.33. The van der Waals surface area contributed by atoms with Gasteiger partial charge in [-0.25, -0.2) is 0 Å². The van der Waals surface area contributed by atoms with Crippen LogP contribution in [0.2, 0.25) is 0 Å². The highest BCUT2D eigenvalue weighted by Crippen LogP contribution is 2.29. The average molecular weight is 187 g/mol. The van der Waals surface area contributed by atoms with Gasteiger partial charge in [-0.3, -0.25) is 0 Å². The molecule has 0 heterocycles. The SMILES string of the molecule is N#Cc1cccc(COCC2CC2)c1. The number of benzene rings is 1. The molecule has 0 unspecified atom stereocenters. The number of hydrogen-bond acceptors (Lipinski definition) is 2. The van der Waals surface area contributed by atoms with Crippen LogP contribution in [0.1, 0.15) is 24.0 Å². The topological polar surface area (TPSA) is 33.0 Å². The van der Waals surface area contributed by atoms with Crippen LogP contribution in [0, 0.1) is 17.2 Å². The maximum absolute atomic E-state index is 8.69. The molecule has 2 rings (SSSR count). The summed E-state index contributed by atoms with van der Waals surface area (Å²) < 4.78 is 5.53. The quantitative estimate of drug-likeness (QED) is 0.725. The number of nitriles is 1. The Morgan fingerprint density at radius 1 is 1.43 bits per heavy atom. The fraction of sp³-hybridized carbons (Fsp3) is 0.417. The maximum atomic E-state index is 8.69. The molecule has 14 heavy (non-hydrogen) atoms. The minimum Gasteiger partial charge on any atom is -0.376 e. The monoisotopic (exact) mass is 187 g/mol. The molecule has 1 aromatic carbocycles. The molecule has 0 aliphatic heterocycles. The lowest BCUT2D eigenvalue weighted by Gasteiger charge is -2.02. The van der Waals surface area contributed by atoms with E-state index in [1.165, 1.54) is 12.8 Å². The average Bonchev–Trinajstić information content (AvgIpc) is 3.02. The summed E-state index contributed by atoms with van der Waals surface area (Å²) in [6, 6.07) is 9.71. The highest BCUT2D eigenvalue weighted by Gasteiger charge is 2.20. The molecule has 0 radical (unpaired) electrons. The van der Waals surface area contributed by atoms with Gasteiger partial charge in [-0.05, 0) is 36.5 Å². The van der Waals surface area contributed by atoms with Gasteiger partial charge in [0, 0.05) is 6.61 Å². The molecule has 1 aliphatic rings. The van der Waals surface area contributed by atoms with E-state index in [0.717, 1.165) is 18.1 Å². The summed E-state index contributed by atoms with van der Waals surface area (Å²) in [5.41, 5.74) is 1.79. The molecule has 0 bridgehead atoms. The Morgan fingerprint density at radius 2 is 2.29 bits per heavy atom. The van der Waals surface area contributed by atoms with Gasteiger partial charge in [0.05, 0.1) is 18.2 Å². The third-order valence-corrected chi connectivity index (χ3v) is 2.38. The molecule has 1 fully saturated rings. The van der Waals surface area contributed by atoms with Crippen LogP contribution in [0.25, 0.3) is 0 Å². The lowest BCUT2D eigenvalue weighted by molar-refractivity contribution is 0.111. The van der Waals surface area contributed by atoms with Crippen LogP contribution < -0.4 is 0 Å². The fourth-order valence-electron chi connectivity index (χ4n) is 1.36. The van der Waals surface area contributed by atoms with Crippen molar-refractivity contribution in [1.82, 2.24) is 0 Å². The van der Waals surface area contributed by atoms with Crippen LogP contribution >= 0.6 is 0 Å². The molecule has 1 aliphatic carbocycles. The van der Waals surface area contributed by atoms with Crippen molar-refractivity contribution in [1.29, 1.82) is 5.26 Å². The first-order valence-electron chi connectivity index (χ1n) is 4.95. The first-order valence-corrected chi connectivity index (χ1v) is 4.95. The standard InChI is InChI=1S/C12H13NO/c13-7-11-2-1-3-12(6-11)9-14-8-10-4-5-10/h1-3,6,10H,4-5,8-9H2. The summed E-state index contributed by atoms with van der Waals surface area (Å²) in [5.74, 6) is 0.800. The predicted molar refractivity (Wildman–Crippen MR) is 53.5 cm³/mol. The molecule has 0 N–H and O–H groups in total. The molecule has 0 aromatic heterocycles. The van der Waals surface area contributed by atoms with Gasteiger partial charge >= 0.3 is 0 Å². The van der Waals surface area contributed by atoms with Crippen molar-refractivity contribution in [2.45, 2.75) is 19.4 Å². The number of rotatable bonds is 4. The number of nitrogens with zero attached hydrogens (tertiary/aromatic N) is 1. The van der Waals surface area contributed by atoms with Crippen LogP contribution in [-0.4, -0.2) is 6.61 Å². The van der Waals surface area contributed by atoms with Crippen LogP contribution in [0.3, 0.4) is 0 Å². The first-order chi connectivity index (χ1) is 6.88. The van der Waals surface area contributed by atoms with E-state index >= 15 is 0 Å². The van der Waals surface area contributed by atoms with Crippen molar-refractivity contribution in [2.75, 3.05) is 6.61 Å². The highest BCUT2D eigenvalue weighted by atomic mass is 16.5. The second-order valence-electron chi connectivity index (χ2n) is 3.77. The fourth-order valence-corrected chi connectivity index (χ4v) is 1.36. The Balaban J connectivity index is 1.85. The lowest BCUT2D eigenvalue weighted by atomic mass is 10.1. The minimum absolute atomic E-state index is 0.631. The van der Waals surface area contributed by atoms with Crippen LogP contribution in [0.4, 0.5) is 0 Å². The molecule has 0 saturated heterocycles. The van der Waals surface area contributed by atoms with Crippen molar-refractivity contribution in [3.8, 4) is 6.07 Å². The van der Waals surface area contributed by atoms with E-state index < -0.39 is 0 Å². The molecule has 1 aromatic rings. The zero-order valence-corrected chi connectivity index (χ0v) is 8.07. The van der Waals surface area contributed by atoms with Gasteiger partial charge in [-0.15, -0.1) is 0 Å². The second-order valence-corrected chi connectivity index (χ2v) is 3.77. The third-order valence-electron chi connectivity index (χ3n) is 2.38. The number of hydrogen-bond donors (Lipinski definition) is 0. The van der Waals surface area contributed by atoms with E-state index in [0.29, 0.717) is 12.2 Å². The van der Waals surface area contributed by atoms with Gasteiger partial charge in [-0.1, -0.05) is 12.1 Å². The molecular formula is C12H13NO. The third kappa shape index (κ3) is 2.58. The Kier molecular flexibility index (Phi) is 2.81. The largest absolute Gasteiger partial charge is 0.376 e. The normalized spacial score (nSPS) is 15.1. The second kappa shape index (κ2) is 4.26. The van der Waals surface area contributed by atoms with Gasteiger partial charge in [0.2, 0.25) is 0 Å². The maximum Gasteiger partial charge on any atom is 0.0991 e. The molecule has 1 saturated carbocycles. The predicted octanol–water partition coefficient (Wildman–Crippen LogP) is 2.48. The van der Waals surface area contributed by atoms with Crippen LogP contribution in [-0.2, 0) is 11.3 Å². The molecule has 0 atom stereocenters. The summed E-state index contributed by atoms with van der Waals surface area (Å²) in [5, 5.41) is 8.69.